The van der Waals surface area contributed by atoms with Gasteiger partial charge < -0.3 is 45.1 Å². The molecule has 1 aliphatic heterocycles. The molecule has 1 saturated heterocycles. The minimum atomic E-state index is -1.61. The fraction of sp³-hybridized carbons (Fsp3) is 0.908. The molecule has 1 rings (SSSR count). The van der Waals surface area contributed by atoms with E-state index in [2.05, 4.69) is 38.2 Å². The van der Waals surface area contributed by atoms with Crippen LogP contribution in [0.3, 0.4) is 0 Å². The van der Waals surface area contributed by atoms with E-state index in [-0.39, 0.29) is 13.0 Å². The first-order chi connectivity index (χ1) is 37.2. The van der Waals surface area contributed by atoms with Gasteiger partial charge in [0.2, 0.25) is 5.91 Å². The van der Waals surface area contributed by atoms with E-state index in [9.17, 15) is 35.1 Å². The molecule has 8 atom stereocenters. The molecule has 1 amide bonds. The van der Waals surface area contributed by atoms with Crippen LogP contribution >= 0.6 is 0 Å². The summed E-state index contributed by atoms with van der Waals surface area (Å²) in [5, 5.41) is 57.0. The summed E-state index contributed by atoms with van der Waals surface area (Å²) >= 11 is 0. The van der Waals surface area contributed by atoms with E-state index in [0.717, 1.165) is 57.8 Å². The predicted molar refractivity (Wildman–Crippen MR) is 315 cm³/mol. The lowest BCUT2D eigenvalue weighted by Crippen LogP contribution is -2.61. The number of nitrogens with one attached hydrogen (secondary N) is 1. The number of unbranched alkanes of at least 4 members (excludes halogenated alkanes) is 40. The molecule has 0 saturated carbocycles. The highest BCUT2D eigenvalue weighted by Crippen LogP contribution is 2.26. The van der Waals surface area contributed by atoms with Crippen LogP contribution in [0, 0.1) is 0 Å². The van der Waals surface area contributed by atoms with Crippen molar-refractivity contribution < 1.29 is 49.3 Å². The summed E-state index contributed by atoms with van der Waals surface area (Å²) in [5.74, 6) is -1.18. The lowest BCUT2D eigenvalue weighted by molar-refractivity contribution is -0.305. The van der Waals surface area contributed by atoms with Gasteiger partial charge in [-0.3, -0.25) is 9.59 Å². The molecule has 0 bridgehead atoms. The Morgan fingerprint density at radius 3 is 1.28 bits per heavy atom. The van der Waals surface area contributed by atoms with Crippen molar-refractivity contribution in [2.45, 2.75) is 365 Å². The van der Waals surface area contributed by atoms with Gasteiger partial charge >= 0.3 is 5.97 Å². The highest BCUT2D eigenvalue weighted by atomic mass is 16.7. The number of carbonyl (C=O) groups excluding carboxylic acids is 2. The van der Waals surface area contributed by atoms with E-state index < -0.39 is 67.4 Å². The molecule has 8 unspecified atom stereocenters. The highest BCUT2D eigenvalue weighted by molar-refractivity contribution is 5.80. The Morgan fingerprint density at radius 2 is 0.868 bits per heavy atom. The topological polar surface area (TPSA) is 175 Å². The molecule has 6 N–H and O–H groups in total. The van der Waals surface area contributed by atoms with Crippen LogP contribution in [0.1, 0.15) is 316 Å². The van der Waals surface area contributed by atoms with Crippen LogP contribution in [-0.4, -0.2) is 99.6 Å². The lowest BCUT2D eigenvalue weighted by atomic mass is 9.99. The predicted octanol–water partition coefficient (Wildman–Crippen LogP) is 15.7. The third-order valence-corrected chi connectivity index (χ3v) is 15.6. The summed E-state index contributed by atoms with van der Waals surface area (Å²) in [7, 11) is 0. The highest BCUT2D eigenvalue weighted by Gasteiger charge is 2.47. The molecule has 11 heteroatoms. The number of esters is 1. The fourth-order valence-electron chi connectivity index (χ4n) is 10.4. The molecule has 0 aliphatic carbocycles. The normalized spacial score (nSPS) is 19.2. The Hall–Kier alpha value is -1.86. The Bertz CT molecular complexity index is 1330. The number of aliphatic hydroxyl groups excluding tert-OH is 5. The van der Waals surface area contributed by atoms with Crippen LogP contribution in [0.5, 0.6) is 0 Å². The molecular weight excluding hydrogens is 955 g/mol. The number of hydrogen-bond acceptors (Lipinski definition) is 10. The van der Waals surface area contributed by atoms with E-state index >= 15 is 0 Å². The molecule has 448 valence electrons. The summed E-state index contributed by atoms with van der Waals surface area (Å²) in [6.07, 6.45) is 52.2. The van der Waals surface area contributed by atoms with Crippen molar-refractivity contribution >= 4 is 11.9 Å². The summed E-state index contributed by atoms with van der Waals surface area (Å²) in [4.78, 5) is 26.6. The minimum absolute atomic E-state index is 0.127. The van der Waals surface area contributed by atoms with Crippen LogP contribution < -0.4 is 5.32 Å². The Labute approximate surface area is 467 Å². The number of allylic oxidation sites excluding steroid dienone is 3. The van der Waals surface area contributed by atoms with E-state index in [1.54, 1.807) is 6.08 Å². The molecule has 0 aromatic heterocycles. The smallest absolute Gasteiger partial charge is 0.306 e. The van der Waals surface area contributed by atoms with Gasteiger partial charge in [-0.25, -0.2) is 0 Å². The molecule has 1 fully saturated rings. The third-order valence-electron chi connectivity index (χ3n) is 15.6. The first-order valence-corrected chi connectivity index (χ1v) is 32.6. The quantitative estimate of drug-likeness (QED) is 0.0195. The van der Waals surface area contributed by atoms with Crippen molar-refractivity contribution in [3.63, 3.8) is 0 Å². The maximum atomic E-state index is 13.4. The van der Waals surface area contributed by atoms with Crippen molar-refractivity contribution in [3.8, 4) is 0 Å². The maximum absolute atomic E-state index is 13.4. The van der Waals surface area contributed by atoms with Gasteiger partial charge in [0.25, 0.3) is 0 Å². The van der Waals surface area contributed by atoms with Crippen molar-refractivity contribution in [2.24, 2.45) is 0 Å². The average molecular weight is 1080 g/mol. The van der Waals surface area contributed by atoms with Crippen LogP contribution in [0.4, 0.5) is 0 Å². The second kappa shape index (κ2) is 53.8. The molecular formula is C65H123NO10. The van der Waals surface area contributed by atoms with Crippen molar-refractivity contribution in [2.75, 3.05) is 13.2 Å². The summed E-state index contributed by atoms with van der Waals surface area (Å²) in [5.41, 5.74) is 0. The van der Waals surface area contributed by atoms with Gasteiger partial charge in [-0.2, -0.15) is 0 Å². The average Bonchev–Trinajstić information content (AvgIpc) is 3.42. The molecule has 1 heterocycles. The SMILES string of the molecule is CCCCCCCC/C=C/CCCCCCCCCCCCCC(=O)OC1C(OCC(NC(=O)C(O)CCCCCCCCCCCCCCCC)C(O)/C=C/CCCCCCCCCCCC)OC(CO)C(O)C1O. The van der Waals surface area contributed by atoms with Gasteiger partial charge in [0.15, 0.2) is 12.4 Å². The number of rotatable bonds is 56. The number of ether oxygens (including phenoxy) is 3. The molecule has 0 aromatic carbocycles. The zero-order chi connectivity index (χ0) is 55.4. The van der Waals surface area contributed by atoms with Gasteiger partial charge in [0.05, 0.1) is 25.4 Å². The molecule has 1 aliphatic rings. The van der Waals surface area contributed by atoms with Gasteiger partial charge in [-0.05, 0) is 51.4 Å². The monoisotopic (exact) mass is 1080 g/mol. The number of amides is 1. The second-order valence-corrected chi connectivity index (χ2v) is 22.9. The summed E-state index contributed by atoms with van der Waals surface area (Å²) < 4.78 is 17.7. The molecule has 11 nitrogen and oxygen atoms in total. The van der Waals surface area contributed by atoms with Crippen molar-refractivity contribution in [1.29, 1.82) is 0 Å². The van der Waals surface area contributed by atoms with Crippen LogP contribution in [-0.2, 0) is 23.8 Å². The first-order valence-electron chi connectivity index (χ1n) is 32.6. The van der Waals surface area contributed by atoms with E-state index in [1.165, 1.54) is 212 Å². The van der Waals surface area contributed by atoms with Crippen LogP contribution in [0.2, 0.25) is 0 Å². The molecule has 76 heavy (non-hydrogen) atoms. The summed E-state index contributed by atoms with van der Waals surface area (Å²) in [6.45, 7) is 5.82. The van der Waals surface area contributed by atoms with E-state index in [1.807, 2.05) is 6.08 Å². The largest absolute Gasteiger partial charge is 0.454 e. The van der Waals surface area contributed by atoms with Gasteiger partial charge in [-0.15, -0.1) is 0 Å². The summed E-state index contributed by atoms with van der Waals surface area (Å²) in [6, 6.07) is -1.02. The third kappa shape index (κ3) is 41.2. The van der Waals surface area contributed by atoms with Gasteiger partial charge in [0, 0.05) is 6.42 Å². The van der Waals surface area contributed by atoms with Gasteiger partial charge in [-0.1, -0.05) is 283 Å². The number of hydrogen-bond donors (Lipinski definition) is 6. The Balaban J connectivity index is 2.62. The number of carbonyl (C=O) groups is 2. The fourth-order valence-corrected chi connectivity index (χ4v) is 10.4. The Morgan fingerprint density at radius 1 is 0.500 bits per heavy atom. The maximum Gasteiger partial charge on any atom is 0.306 e. The molecule has 0 radical (unpaired) electrons. The van der Waals surface area contributed by atoms with Crippen LogP contribution in [0.25, 0.3) is 0 Å². The van der Waals surface area contributed by atoms with Crippen molar-refractivity contribution in [1.82, 2.24) is 5.32 Å². The van der Waals surface area contributed by atoms with E-state index in [4.69, 9.17) is 14.2 Å². The first kappa shape index (κ1) is 72.2. The van der Waals surface area contributed by atoms with E-state index in [0.29, 0.717) is 19.3 Å². The molecule has 0 aromatic rings. The number of aliphatic hydroxyl groups is 5. The second-order valence-electron chi connectivity index (χ2n) is 22.9. The van der Waals surface area contributed by atoms with Crippen LogP contribution in [0.15, 0.2) is 24.3 Å². The standard InChI is InChI=1S/C65H123NO10/c1-4-7-10-13-16-19-22-25-27-28-29-30-31-32-33-35-38-41-44-47-50-53-60(70)76-63-62(72)61(71)59(54-67)75-65(63)74-55-56(57(68)51-48-45-42-39-36-24-21-18-15-12-9-6-3)66-64(73)58(69)52-49-46-43-40-37-34-26-23-20-17-14-11-8-5-2/h25,27,48,51,56-59,61-63,65,67-69,71-72H,4-24,26,28-47,49-50,52-55H2,1-3H3,(H,66,73)/b27-25+,51-48+. The van der Waals surface area contributed by atoms with Gasteiger partial charge in [0.1, 0.15) is 24.4 Å². The molecule has 0 spiro atoms. The lowest BCUT2D eigenvalue weighted by Gasteiger charge is -2.41. The zero-order valence-electron chi connectivity index (χ0n) is 49.6. The zero-order valence-corrected chi connectivity index (χ0v) is 49.6. The Kier molecular flexibility index (Phi) is 51.0. The minimum Gasteiger partial charge on any atom is -0.454 e. The van der Waals surface area contributed by atoms with Crippen molar-refractivity contribution in [3.05, 3.63) is 24.3 Å².